The van der Waals surface area contributed by atoms with Gasteiger partial charge in [-0.2, -0.15) is 0 Å². The number of hydrogen-bond donors (Lipinski definition) is 0. The summed E-state index contributed by atoms with van der Waals surface area (Å²) in [6.45, 7) is 7.57. The summed E-state index contributed by atoms with van der Waals surface area (Å²) in [7, 11) is -1.84. The predicted octanol–water partition coefficient (Wildman–Crippen LogP) is 2.41. The van der Waals surface area contributed by atoms with Gasteiger partial charge in [-0.15, -0.1) is 0 Å². The summed E-state index contributed by atoms with van der Waals surface area (Å²) >= 11 is 1.24. The molecular weight excluding hydrogens is 207 g/mol. The average molecular weight is 224 g/mol. The Balaban J connectivity index is 3.55. The largest absolute Gasteiger partial charge is 0.330 e. The monoisotopic (exact) mass is 224 g/mol. The second-order valence-electron chi connectivity index (χ2n) is 3.73. The molecule has 0 heterocycles. The molecule has 5 heteroatoms. The van der Waals surface area contributed by atoms with Crippen molar-refractivity contribution in [3.63, 3.8) is 0 Å². The molecule has 0 bridgehead atoms. The van der Waals surface area contributed by atoms with Crippen LogP contribution in [-0.4, -0.2) is 24.1 Å². The van der Waals surface area contributed by atoms with Gasteiger partial charge in [0.05, 0.1) is 6.61 Å². The van der Waals surface area contributed by atoms with Crippen LogP contribution in [0.3, 0.4) is 0 Å². The van der Waals surface area contributed by atoms with Gasteiger partial charge in [0.2, 0.25) is 0 Å². The molecule has 0 aliphatic carbocycles. The molecule has 3 nitrogen and oxygen atoms in total. The zero-order chi connectivity index (χ0) is 10.5. The molecule has 0 spiro atoms. The maximum absolute atomic E-state index is 11.3. The van der Waals surface area contributed by atoms with Crippen LogP contribution in [0.4, 0.5) is 0 Å². The lowest BCUT2D eigenvalue weighted by Crippen LogP contribution is -2.17. The van der Waals surface area contributed by atoms with Crippen molar-refractivity contribution >= 4 is 24.9 Å². The molecule has 0 rings (SSSR count). The molecule has 13 heavy (non-hydrogen) atoms. The number of hydrogen-bond acceptors (Lipinski definition) is 4. The maximum Gasteiger partial charge on any atom is 0.194 e. The van der Waals surface area contributed by atoms with E-state index in [-0.39, 0.29) is 10.5 Å². The quantitative estimate of drug-likeness (QED) is 0.543. The molecule has 78 valence electrons. The van der Waals surface area contributed by atoms with Crippen LogP contribution in [0.5, 0.6) is 0 Å². The Kier molecular flexibility index (Phi) is 5.93. The lowest BCUT2D eigenvalue weighted by Gasteiger charge is -2.15. The minimum absolute atomic E-state index is 0.145. The van der Waals surface area contributed by atoms with E-state index < -0.39 is 8.03 Å². The van der Waals surface area contributed by atoms with E-state index >= 15 is 0 Å². The van der Waals surface area contributed by atoms with E-state index in [9.17, 15) is 9.36 Å². The zero-order valence-corrected chi connectivity index (χ0v) is 10.4. The number of thioether (sulfide) groups is 1. The third kappa shape index (κ3) is 7.29. The second-order valence-corrected chi connectivity index (χ2v) is 6.07. The maximum atomic E-state index is 11.3. The van der Waals surface area contributed by atoms with E-state index in [1.54, 1.807) is 6.66 Å². The van der Waals surface area contributed by atoms with Crippen LogP contribution in [0.1, 0.15) is 20.8 Å². The van der Waals surface area contributed by atoms with Crippen molar-refractivity contribution in [2.75, 3.05) is 19.0 Å². The summed E-state index contributed by atoms with van der Waals surface area (Å²) in [4.78, 5) is 11.3. The standard InChI is InChI=1S/C8H17O3PS/c1-8(2,3)7(9)13-6-5-11-12(4)10/h12H,5-6H2,1-4H3. The predicted molar refractivity (Wildman–Crippen MR) is 57.8 cm³/mol. The van der Waals surface area contributed by atoms with Crippen LogP contribution in [-0.2, 0) is 13.9 Å². The van der Waals surface area contributed by atoms with Gasteiger partial charge >= 0.3 is 0 Å². The van der Waals surface area contributed by atoms with Crippen molar-refractivity contribution in [1.82, 2.24) is 0 Å². The normalized spacial score (nSPS) is 14.2. The molecule has 0 amide bonds. The summed E-state index contributed by atoms with van der Waals surface area (Å²) in [5, 5.41) is 0.145. The van der Waals surface area contributed by atoms with E-state index in [0.29, 0.717) is 12.4 Å². The minimum Gasteiger partial charge on any atom is -0.330 e. The number of rotatable bonds is 4. The van der Waals surface area contributed by atoms with Crippen LogP contribution in [0.2, 0.25) is 0 Å². The topological polar surface area (TPSA) is 43.4 Å². The van der Waals surface area contributed by atoms with Gasteiger partial charge in [0.15, 0.2) is 13.1 Å². The minimum atomic E-state index is -1.84. The molecule has 0 aromatic carbocycles. The Bertz CT molecular complexity index is 198. The molecule has 0 aromatic heterocycles. The Labute approximate surface area is 84.5 Å². The highest BCUT2D eigenvalue weighted by Gasteiger charge is 2.21. The van der Waals surface area contributed by atoms with Crippen molar-refractivity contribution in [3.8, 4) is 0 Å². The molecule has 0 aliphatic heterocycles. The number of carbonyl (C=O) groups excluding carboxylic acids is 1. The smallest absolute Gasteiger partial charge is 0.194 e. The second kappa shape index (κ2) is 5.84. The Morgan fingerprint density at radius 2 is 2.00 bits per heavy atom. The van der Waals surface area contributed by atoms with Crippen molar-refractivity contribution in [2.24, 2.45) is 5.41 Å². The van der Waals surface area contributed by atoms with Crippen molar-refractivity contribution < 1.29 is 13.9 Å². The Morgan fingerprint density at radius 3 is 2.38 bits per heavy atom. The fraction of sp³-hybridized carbons (Fsp3) is 0.875. The molecule has 1 unspecified atom stereocenters. The first-order valence-corrected chi connectivity index (χ1v) is 6.95. The Morgan fingerprint density at radius 1 is 1.46 bits per heavy atom. The zero-order valence-electron chi connectivity index (χ0n) is 8.55. The SMILES string of the molecule is C[PH](=O)OCCSC(=O)C(C)(C)C. The van der Waals surface area contributed by atoms with Crippen LogP contribution >= 0.6 is 19.8 Å². The molecule has 0 N–H and O–H groups in total. The van der Waals surface area contributed by atoms with E-state index in [1.807, 2.05) is 20.8 Å². The molecular formula is C8H17O3PS. The molecule has 0 fully saturated rings. The summed E-state index contributed by atoms with van der Waals surface area (Å²) in [5.74, 6) is 0.584. The molecule has 0 radical (unpaired) electrons. The van der Waals surface area contributed by atoms with Gasteiger partial charge in [0.1, 0.15) is 0 Å². The lowest BCUT2D eigenvalue weighted by atomic mass is 10.00. The number of carbonyl (C=O) groups is 1. The molecule has 0 saturated heterocycles. The summed E-state index contributed by atoms with van der Waals surface area (Å²) in [6.07, 6.45) is 0. The van der Waals surface area contributed by atoms with Crippen molar-refractivity contribution in [1.29, 1.82) is 0 Å². The van der Waals surface area contributed by atoms with Gasteiger partial charge in [-0.05, 0) is 0 Å². The first kappa shape index (κ1) is 13.2. The van der Waals surface area contributed by atoms with Gasteiger partial charge in [-0.25, -0.2) is 0 Å². The summed E-state index contributed by atoms with van der Waals surface area (Å²) < 4.78 is 15.4. The molecule has 0 aromatic rings. The first-order valence-electron chi connectivity index (χ1n) is 4.14. The third-order valence-corrected chi connectivity index (χ3v) is 3.09. The van der Waals surface area contributed by atoms with Crippen LogP contribution in [0.15, 0.2) is 0 Å². The lowest BCUT2D eigenvalue weighted by molar-refractivity contribution is -0.117. The Hall–Kier alpha value is 0.210. The third-order valence-electron chi connectivity index (χ3n) is 1.23. The van der Waals surface area contributed by atoms with E-state index in [1.165, 1.54) is 11.8 Å². The van der Waals surface area contributed by atoms with Crippen LogP contribution in [0, 0.1) is 5.41 Å². The van der Waals surface area contributed by atoms with Crippen molar-refractivity contribution in [2.45, 2.75) is 20.8 Å². The summed E-state index contributed by atoms with van der Waals surface area (Å²) in [5.41, 5.74) is -0.303. The van der Waals surface area contributed by atoms with E-state index in [2.05, 4.69) is 0 Å². The van der Waals surface area contributed by atoms with Gasteiger partial charge in [-0.1, -0.05) is 32.5 Å². The summed E-state index contributed by atoms with van der Waals surface area (Å²) in [6, 6.07) is 0. The highest BCUT2D eigenvalue weighted by molar-refractivity contribution is 8.13. The highest BCUT2D eigenvalue weighted by atomic mass is 32.2. The fourth-order valence-corrected chi connectivity index (χ4v) is 1.86. The van der Waals surface area contributed by atoms with Gasteiger partial charge in [0, 0.05) is 17.8 Å². The first-order chi connectivity index (χ1) is 5.84. The highest BCUT2D eigenvalue weighted by Crippen LogP contribution is 2.23. The van der Waals surface area contributed by atoms with Crippen molar-refractivity contribution in [3.05, 3.63) is 0 Å². The van der Waals surface area contributed by atoms with Gasteiger partial charge in [0.25, 0.3) is 0 Å². The van der Waals surface area contributed by atoms with E-state index in [4.69, 9.17) is 4.52 Å². The van der Waals surface area contributed by atoms with Crippen LogP contribution in [0.25, 0.3) is 0 Å². The molecule has 1 atom stereocenters. The van der Waals surface area contributed by atoms with Gasteiger partial charge < -0.3 is 4.52 Å². The average Bonchev–Trinajstić information content (AvgIpc) is 1.95. The van der Waals surface area contributed by atoms with E-state index in [0.717, 1.165) is 0 Å². The molecule has 0 saturated carbocycles. The van der Waals surface area contributed by atoms with Gasteiger partial charge in [-0.3, -0.25) is 9.36 Å². The fourth-order valence-electron chi connectivity index (χ4n) is 0.536. The van der Waals surface area contributed by atoms with Crippen LogP contribution < -0.4 is 0 Å². The molecule has 0 aliphatic rings.